The van der Waals surface area contributed by atoms with Crippen LogP contribution in [0.3, 0.4) is 0 Å². The number of benzene rings is 2. The topological polar surface area (TPSA) is 83.6 Å². The molecule has 0 saturated carbocycles. The third-order valence-corrected chi connectivity index (χ3v) is 5.91. The zero-order chi connectivity index (χ0) is 21.5. The van der Waals surface area contributed by atoms with Crippen molar-refractivity contribution in [2.45, 2.75) is 12.5 Å². The van der Waals surface area contributed by atoms with Gasteiger partial charge in [-0.2, -0.15) is 0 Å². The molecule has 3 aromatic heterocycles. The minimum absolute atomic E-state index is 0.0240. The van der Waals surface area contributed by atoms with E-state index in [2.05, 4.69) is 44.5 Å². The lowest BCUT2D eigenvalue weighted by molar-refractivity contribution is -0.120. The second-order valence-corrected chi connectivity index (χ2v) is 7.87. The second-order valence-electron chi connectivity index (χ2n) is 7.87. The van der Waals surface area contributed by atoms with Crippen LogP contribution in [-0.4, -0.2) is 25.8 Å². The van der Waals surface area contributed by atoms with Gasteiger partial charge in [-0.05, 0) is 46.0 Å². The molecule has 32 heavy (non-hydrogen) atoms. The van der Waals surface area contributed by atoms with Crippen molar-refractivity contribution >= 4 is 16.9 Å². The SMILES string of the molecule is O=C(Cc1ccncc1)NC1c2ccccc2-c2c(-c3nc4ccncc4[nH]3)cccc21. The number of hydrogen-bond acceptors (Lipinski definition) is 4. The van der Waals surface area contributed by atoms with Crippen molar-refractivity contribution in [3.8, 4) is 22.5 Å². The zero-order valence-electron chi connectivity index (χ0n) is 17.1. The number of amides is 1. The molecule has 0 saturated heterocycles. The summed E-state index contributed by atoms with van der Waals surface area (Å²) < 4.78 is 0. The van der Waals surface area contributed by atoms with E-state index in [4.69, 9.17) is 4.98 Å². The highest BCUT2D eigenvalue weighted by atomic mass is 16.1. The van der Waals surface area contributed by atoms with Crippen molar-refractivity contribution in [2.24, 2.45) is 0 Å². The fraction of sp³-hybridized carbons (Fsp3) is 0.0769. The number of imidazole rings is 1. The molecule has 1 unspecified atom stereocenters. The number of nitrogens with one attached hydrogen (secondary N) is 2. The van der Waals surface area contributed by atoms with E-state index in [1.165, 1.54) is 0 Å². The second kappa shape index (κ2) is 7.42. The Labute approximate surface area is 184 Å². The van der Waals surface area contributed by atoms with Crippen LogP contribution in [0.5, 0.6) is 0 Å². The maximum absolute atomic E-state index is 12.9. The molecule has 6 heteroatoms. The highest BCUT2D eigenvalue weighted by Crippen LogP contribution is 2.47. The number of fused-ring (bicyclic) bond motifs is 4. The molecular weight excluding hydrogens is 398 g/mol. The Morgan fingerprint density at radius 3 is 2.53 bits per heavy atom. The van der Waals surface area contributed by atoms with Gasteiger partial charge >= 0.3 is 0 Å². The summed E-state index contributed by atoms with van der Waals surface area (Å²) in [5.74, 6) is 0.771. The number of aromatic amines is 1. The molecule has 1 aliphatic carbocycles. The van der Waals surface area contributed by atoms with Gasteiger partial charge in [-0.3, -0.25) is 14.8 Å². The molecule has 154 valence electrons. The maximum atomic E-state index is 12.9. The lowest BCUT2D eigenvalue weighted by Gasteiger charge is -2.16. The number of aromatic nitrogens is 4. The Morgan fingerprint density at radius 1 is 0.875 bits per heavy atom. The quantitative estimate of drug-likeness (QED) is 0.453. The number of rotatable bonds is 4. The largest absolute Gasteiger partial charge is 0.345 e. The van der Waals surface area contributed by atoms with Gasteiger partial charge < -0.3 is 10.3 Å². The van der Waals surface area contributed by atoms with Crippen LogP contribution in [0.25, 0.3) is 33.5 Å². The molecule has 3 heterocycles. The zero-order valence-corrected chi connectivity index (χ0v) is 17.1. The molecule has 0 radical (unpaired) electrons. The number of pyridine rings is 2. The van der Waals surface area contributed by atoms with Crippen molar-refractivity contribution in [3.05, 3.63) is 102 Å². The van der Waals surface area contributed by atoms with Gasteiger partial charge in [0.2, 0.25) is 5.91 Å². The summed E-state index contributed by atoms with van der Waals surface area (Å²) >= 11 is 0. The predicted octanol–water partition coefficient (Wildman–Crippen LogP) is 4.45. The summed E-state index contributed by atoms with van der Waals surface area (Å²) in [5.41, 5.74) is 8.11. The van der Waals surface area contributed by atoms with E-state index in [0.29, 0.717) is 6.42 Å². The van der Waals surface area contributed by atoms with Crippen molar-refractivity contribution in [1.29, 1.82) is 0 Å². The molecule has 1 aliphatic rings. The average molecular weight is 417 g/mol. The Morgan fingerprint density at radius 2 is 1.66 bits per heavy atom. The molecule has 6 rings (SSSR count). The highest BCUT2D eigenvalue weighted by molar-refractivity contribution is 5.93. The summed E-state index contributed by atoms with van der Waals surface area (Å²) in [7, 11) is 0. The van der Waals surface area contributed by atoms with Crippen LogP contribution >= 0.6 is 0 Å². The maximum Gasteiger partial charge on any atom is 0.225 e. The number of hydrogen-bond donors (Lipinski definition) is 2. The molecular formula is C26H19N5O. The van der Waals surface area contributed by atoms with E-state index in [0.717, 1.165) is 50.2 Å². The van der Waals surface area contributed by atoms with Crippen LogP contribution in [0.2, 0.25) is 0 Å². The molecule has 0 spiro atoms. The minimum Gasteiger partial charge on any atom is -0.345 e. The standard InChI is InChI=1S/C26H19N5O/c32-23(14-16-8-11-27-12-9-16)31-25-18-5-2-1-4-17(18)24-19(25)6-3-7-20(24)26-29-21-10-13-28-15-22(21)30-26/h1-13,15,25H,14H2,(H,29,30)(H,31,32). The Hall–Kier alpha value is -4.32. The van der Waals surface area contributed by atoms with Gasteiger partial charge in [0.25, 0.3) is 0 Å². The summed E-state index contributed by atoms with van der Waals surface area (Å²) in [6.07, 6.45) is 7.25. The molecule has 0 aliphatic heterocycles. The van der Waals surface area contributed by atoms with E-state index in [-0.39, 0.29) is 11.9 Å². The Bertz CT molecular complexity index is 1420. The van der Waals surface area contributed by atoms with Crippen molar-refractivity contribution in [1.82, 2.24) is 25.3 Å². The fourth-order valence-electron chi connectivity index (χ4n) is 4.49. The normalized spacial score (nSPS) is 14.2. The van der Waals surface area contributed by atoms with Crippen LogP contribution in [-0.2, 0) is 11.2 Å². The molecule has 0 fully saturated rings. The van der Waals surface area contributed by atoms with Gasteiger partial charge in [0, 0.05) is 24.2 Å². The number of H-pyrrole nitrogens is 1. The monoisotopic (exact) mass is 417 g/mol. The van der Waals surface area contributed by atoms with Gasteiger partial charge in [-0.1, -0.05) is 42.5 Å². The lowest BCUT2D eigenvalue weighted by atomic mass is 9.98. The molecule has 2 aromatic carbocycles. The third-order valence-electron chi connectivity index (χ3n) is 5.91. The first-order valence-corrected chi connectivity index (χ1v) is 10.5. The summed E-state index contributed by atoms with van der Waals surface area (Å²) in [6.45, 7) is 0. The van der Waals surface area contributed by atoms with E-state index in [1.807, 2.05) is 36.4 Å². The van der Waals surface area contributed by atoms with Crippen LogP contribution in [0.15, 0.2) is 85.5 Å². The molecule has 0 bridgehead atoms. The Balaban J connectivity index is 1.42. The summed E-state index contributed by atoms with van der Waals surface area (Å²) in [4.78, 5) is 29.3. The fourth-order valence-corrected chi connectivity index (χ4v) is 4.49. The Kier molecular flexibility index (Phi) is 4.28. The van der Waals surface area contributed by atoms with Crippen LogP contribution in [0.1, 0.15) is 22.7 Å². The van der Waals surface area contributed by atoms with Crippen molar-refractivity contribution in [2.75, 3.05) is 0 Å². The highest BCUT2D eigenvalue weighted by Gasteiger charge is 2.32. The van der Waals surface area contributed by atoms with E-state index in [9.17, 15) is 4.79 Å². The van der Waals surface area contributed by atoms with Gasteiger partial charge in [0.1, 0.15) is 5.82 Å². The third kappa shape index (κ3) is 3.04. The first-order chi connectivity index (χ1) is 15.8. The van der Waals surface area contributed by atoms with Crippen LogP contribution < -0.4 is 5.32 Å². The number of carbonyl (C=O) groups excluding carboxylic acids is 1. The van der Waals surface area contributed by atoms with Gasteiger partial charge in [0.15, 0.2) is 0 Å². The van der Waals surface area contributed by atoms with E-state index < -0.39 is 0 Å². The average Bonchev–Trinajstić information content (AvgIpc) is 3.40. The van der Waals surface area contributed by atoms with Gasteiger partial charge in [-0.15, -0.1) is 0 Å². The number of nitrogens with zero attached hydrogens (tertiary/aromatic N) is 3. The lowest BCUT2D eigenvalue weighted by Crippen LogP contribution is -2.29. The van der Waals surface area contributed by atoms with Gasteiger partial charge in [-0.25, -0.2) is 4.98 Å². The van der Waals surface area contributed by atoms with Crippen LogP contribution in [0.4, 0.5) is 0 Å². The molecule has 2 N–H and O–H groups in total. The summed E-state index contributed by atoms with van der Waals surface area (Å²) in [5, 5.41) is 3.25. The molecule has 5 aromatic rings. The minimum atomic E-state index is -0.207. The summed E-state index contributed by atoms with van der Waals surface area (Å²) in [6, 6.07) is 19.8. The predicted molar refractivity (Wildman–Crippen MR) is 123 cm³/mol. The molecule has 1 amide bonds. The molecule has 6 nitrogen and oxygen atoms in total. The van der Waals surface area contributed by atoms with E-state index in [1.54, 1.807) is 24.8 Å². The van der Waals surface area contributed by atoms with Crippen molar-refractivity contribution < 1.29 is 4.79 Å². The van der Waals surface area contributed by atoms with E-state index >= 15 is 0 Å². The van der Waals surface area contributed by atoms with Gasteiger partial charge in [0.05, 0.1) is 29.7 Å². The first-order valence-electron chi connectivity index (χ1n) is 10.5. The smallest absolute Gasteiger partial charge is 0.225 e. The first kappa shape index (κ1) is 18.4. The molecule has 1 atom stereocenters. The number of carbonyl (C=O) groups is 1. The van der Waals surface area contributed by atoms with Crippen molar-refractivity contribution in [3.63, 3.8) is 0 Å². The van der Waals surface area contributed by atoms with Crippen LogP contribution in [0, 0.1) is 0 Å².